The summed E-state index contributed by atoms with van der Waals surface area (Å²) in [6.45, 7) is 8.47. The quantitative estimate of drug-likeness (QED) is 0.329. The monoisotopic (exact) mass is 358 g/mol. The van der Waals surface area contributed by atoms with Crippen molar-refractivity contribution in [3.05, 3.63) is 0 Å². The number of amides is 2. The molecule has 0 aromatic heterocycles. The van der Waals surface area contributed by atoms with E-state index in [1.54, 1.807) is 6.92 Å². The summed E-state index contributed by atoms with van der Waals surface area (Å²) in [5.41, 5.74) is 2.70. The summed E-state index contributed by atoms with van der Waals surface area (Å²) in [4.78, 5) is 36.0. The smallest absolute Gasteiger partial charge is 0.322 e. The highest BCUT2D eigenvalue weighted by Crippen LogP contribution is 2.09. The van der Waals surface area contributed by atoms with Crippen LogP contribution in [0.4, 0.5) is 0 Å². The Kier molecular flexibility index (Phi) is 8.81. The van der Waals surface area contributed by atoms with Gasteiger partial charge in [-0.1, -0.05) is 13.8 Å². The van der Waals surface area contributed by atoms with Crippen LogP contribution in [0, 0.1) is 5.92 Å². The second-order valence-electron chi connectivity index (χ2n) is 6.45. The summed E-state index contributed by atoms with van der Waals surface area (Å²) in [7, 11) is 0. The van der Waals surface area contributed by atoms with Crippen molar-refractivity contribution >= 4 is 17.8 Å². The first-order chi connectivity index (χ1) is 11.8. The molecule has 1 aliphatic rings. The van der Waals surface area contributed by atoms with Gasteiger partial charge in [0.2, 0.25) is 5.91 Å². The molecule has 2 amide bonds. The highest BCUT2D eigenvalue weighted by Gasteiger charge is 2.31. The minimum atomic E-state index is -0.991. The first-order valence-electron chi connectivity index (χ1n) is 8.69. The number of nitrogens with one attached hydrogen (secondary N) is 3. The van der Waals surface area contributed by atoms with E-state index in [0.717, 1.165) is 0 Å². The van der Waals surface area contributed by atoms with Crippen LogP contribution in [0.2, 0.25) is 0 Å². The SMILES string of the molecule is CCOCN[C@H](C(=O)N[C@@H](C)C(=O)N1CCC[C@@H](C(=O)O)N1)C(C)C. The van der Waals surface area contributed by atoms with Crippen LogP contribution in [-0.2, 0) is 19.1 Å². The molecule has 9 heteroatoms. The topological polar surface area (TPSA) is 120 Å². The minimum absolute atomic E-state index is 0.0206. The van der Waals surface area contributed by atoms with Crippen molar-refractivity contribution in [3.8, 4) is 0 Å². The van der Waals surface area contributed by atoms with Gasteiger partial charge in [0.15, 0.2) is 0 Å². The predicted octanol–water partition coefficient (Wildman–Crippen LogP) is -0.320. The van der Waals surface area contributed by atoms with Crippen LogP contribution in [0.5, 0.6) is 0 Å². The molecular formula is C16H30N4O5. The summed E-state index contributed by atoms with van der Waals surface area (Å²) in [6.07, 6.45) is 1.07. The highest BCUT2D eigenvalue weighted by atomic mass is 16.5. The molecule has 1 rings (SSSR count). The van der Waals surface area contributed by atoms with Gasteiger partial charge in [-0.25, -0.2) is 5.43 Å². The van der Waals surface area contributed by atoms with Crippen molar-refractivity contribution in [2.45, 2.75) is 58.7 Å². The van der Waals surface area contributed by atoms with Crippen molar-refractivity contribution in [3.63, 3.8) is 0 Å². The Labute approximate surface area is 148 Å². The summed E-state index contributed by atoms with van der Waals surface area (Å²) < 4.78 is 5.21. The van der Waals surface area contributed by atoms with Gasteiger partial charge < -0.3 is 15.2 Å². The summed E-state index contributed by atoms with van der Waals surface area (Å²) in [5, 5.41) is 16.1. The predicted molar refractivity (Wildman–Crippen MR) is 91.4 cm³/mol. The maximum Gasteiger partial charge on any atom is 0.322 e. The Morgan fingerprint density at radius 2 is 2.00 bits per heavy atom. The summed E-state index contributed by atoms with van der Waals surface area (Å²) in [6, 6.07) is -2.03. The van der Waals surface area contributed by atoms with Crippen LogP contribution in [0.15, 0.2) is 0 Å². The van der Waals surface area contributed by atoms with Crippen molar-refractivity contribution < 1.29 is 24.2 Å². The van der Waals surface area contributed by atoms with Gasteiger partial charge in [-0.3, -0.25) is 24.7 Å². The van der Waals surface area contributed by atoms with Crippen LogP contribution in [-0.4, -0.2) is 65.9 Å². The molecule has 0 saturated carbocycles. The number of hydrogen-bond acceptors (Lipinski definition) is 6. The number of carboxylic acid groups (broad SMARTS) is 1. The molecule has 9 nitrogen and oxygen atoms in total. The Bertz CT molecular complexity index is 471. The lowest BCUT2D eigenvalue weighted by Gasteiger charge is -2.34. The van der Waals surface area contributed by atoms with Crippen molar-refractivity contribution in [2.75, 3.05) is 19.9 Å². The zero-order valence-electron chi connectivity index (χ0n) is 15.4. The zero-order chi connectivity index (χ0) is 19.0. The average Bonchev–Trinajstić information content (AvgIpc) is 2.57. The number of carboxylic acids is 1. The third-order valence-electron chi connectivity index (χ3n) is 4.04. The Balaban J connectivity index is 2.59. The maximum absolute atomic E-state index is 12.5. The van der Waals surface area contributed by atoms with E-state index in [9.17, 15) is 14.4 Å². The molecule has 25 heavy (non-hydrogen) atoms. The molecule has 0 aromatic carbocycles. The van der Waals surface area contributed by atoms with Gasteiger partial charge in [0.25, 0.3) is 5.91 Å². The minimum Gasteiger partial charge on any atom is -0.480 e. The van der Waals surface area contributed by atoms with E-state index in [0.29, 0.717) is 26.0 Å². The van der Waals surface area contributed by atoms with E-state index >= 15 is 0 Å². The van der Waals surface area contributed by atoms with Crippen LogP contribution in [0.3, 0.4) is 0 Å². The van der Waals surface area contributed by atoms with Crippen molar-refractivity contribution in [2.24, 2.45) is 5.92 Å². The molecule has 1 fully saturated rings. The molecule has 0 aliphatic carbocycles. The number of hydrogen-bond donors (Lipinski definition) is 4. The van der Waals surface area contributed by atoms with Gasteiger partial charge in [-0.2, -0.15) is 0 Å². The molecule has 0 bridgehead atoms. The number of hydrazine groups is 1. The van der Waals surface area contributed by atoms with Crippen molar-refractivity contribution in [1.29, 1.82) is 0 Å². The Hall–Kier alpha value is -1.71. The van der Waals surface area contributed by atoms with Crippen LogP contribution >= 0.6 is 0 Å². The van der Waals surface area contributed by atoms with E-state index in [1.165, 1.54) is 5.01 Å². The molecular weight excluding hydrogens is 328 g/mol. The number of carbonyl (C=O) groups excluding carboxylic acids is 2. The van der Waals surface area contributed by atoms with Gasteiger partial charge in [-0.15, -0.1) is 0 Å². The molecule has 1 heterocycles. The number of carbonyl (C=O) groups is 3. The highest BCUT2D eigenvalue weighted by molar-refractivity contribution is 5.89. The second-order valence-corrected chi connectivity index (χ2v) is 6.45. The largest absolute Gasteiger partial charge is 0.480 e. The van der Waals surface area contributed by atoms with Crippen molar-refractivity contribution in [1.82, 2.24) is 21.1 Å². The fourth-order valence-electron chi connectivity index (χ4n) is 2.60. The van der Waals surface area contributed by atoms with Gasteiger partial charge in [-0.05, 0) is 32.6 Å². The average molecular weight is 358 g/mol. The lowest BCUT2D eigenvalue weighted by atomic mass is 10.0. The Morgan fingerprint density at radius 1 is 1.32 bits per heavy atom. The molecule has 3 atom stereocenters. The van der Waals surface area contributed by atoms with E-state index in [4.69, 9.17) is 9.84 Å². The number of ether oxygens (including phenoxy) is 1. The van der Waals surface area contributed by atoms with Gasteiger partial charge in [0, 0.05) is 13.2 Å². The van der Waals surface area contributed by atoms with E-state index in [2.05, 4.69) is 16.1 Å². The van der Waals surface area contributed by atoms with E-state index < -0.39 is 24.1 Å². The standard InChI is InChI=1S/C16H30N4O5/c1-5-25-9-17-13(10(2)3)14(21)18-11(4)15(22)20-8-6-7-12(19-20)16(23)24/h10-13,17,19H,5-9H2,1-4H3,(H,18,21)(H,23,24)/t11-,12-,13-/m0/s1. The number of nitrogens with zero attached hydrogens (tertiary/aromatic N) is 1. The van der Waals surface area contributed by atoms with Crippen LogP contribution in [0.25, 0.3) is 0 Å². The van der Waals surface area contributed by atoms with Crippen LogP contribution < -0.4 is 16.1 Å². The van der Waals surface area contributed by atoms with E-state index in [-0.39, 0.29) is 24.5 Å². The molecule has 4 N–H and O–H groups in total. The first-order valence-corrected chi connectivity index (χ1v) is 8.69. The third-order valence-corrected chi connectivity index (χ3v) is 4.04. The first kappa shape index (κ1) is 21.3. The third kappa shape index (κ3) is 6.60. The Morgan fingerprint density at radius 3 is 2.56 bits per heavy atom. The van der Waals surface area contributed by atoms with Crippen LogP contribution in [0.1, 0.15) is 40.5 Å². The molecule has 1 aliphatic heterocycles. The summed E-state index contributed by atoms with van der Waals surface area (Å²) >= 11 is 0. The fourth-order valence-corrected chi connectivity index (χ4v) is 2.60. The number of rotatable bonds is 9. The number of aliphatic carboxylic acids is 1. The van der Waals surface area contributed by atoms with E-state index in [1.807, 2.05) is 20.8 Å². The second kappa shape index (κ2) is 10.3. The molecule has 0 aromatic rings. The molecule has 0 radical (unpaired) electrons. The fraction of sp³-hybridized carbons (Fsp3) is 0.812. The lowest BCUT2D eigenvalue weighted by Crippen LogP contribution is -2.60. The van der Waals surface area contributed by atoms with Gasteiger partial charge in [0.1, 0.15) is 12.1 Å². The zero-order valence-corrected chi connectivity index (χ0v) is 15.4. The van der Waals surface area contributed by atoms with Gasteiger partial charge >= 0.3 is 5.97 Å². The molecule has 0 spiro atoms. The normalized spacial score (nSPS) is 20.2. The van der Waals surface area contributed by atoms with Gasteiger partial charge in [0.05, 0.1) is 12.8 Å². The molecule has 144 valence electrons. The lowest BCUT2D eigenvalue weighted by molar-refractivity contribution is -0.148. The summed E-state index contributed by atoms with van der Waals surface area (Å²) in [5.74, 6) is -1.62. The molecule has 1 saturated heterocycles. The molecule has 0 unspecified atom stereocenters. The maximum atomic E-state index is 12.5.